The molecule has 10 heteroatoms. The quantitative estimate of drug-likeness (QED) is 0.334. The molecule has 0 N–H and O–H groups in total. The van der Waals surface area contributed by atoms with E-state index < -0.39 is 10.1 Å². The minimum atomic E-state index is -4.09. The van der Waals surface area contributed by atoms with Crippen LogP contribution in [-0.4, -0.2) is 32.0 Å². The summed E-state index contributed by atoms with van der Waals surface area (Å²) in [6, 6.07) is 18.1. The van der Waals surface area contributed by atoms with Crippen molar-refractivity contribution < 1.29 is 22.1 Å². The molecule has 0 bridgehead atoms. The zero-order valence-corrected chi connectivity index (χ0v) is 19.7. The highest BCUT2D eigenvalue weighted by Gasteiger charge is 2.19. The molecule has 5 aromatic rings. The van der Waals surface area contributed by atoms with E-state index in [2.05, 4.69) is 4.98 Å². The Morgan fingerprint density at radius 1 is 0.941 bits per heavy atom. The fourth-order valence-electron chi connectivity index (χ4n) is 3.51. The van der Waals surface area contributed by atoms with Gasteiger partial charge in [-0.3, -0.25) is 4.79 Å². The summed E-state index contributed by atoms with van der Waals surface area (Å²) in [6.07, 6.45) is 1.71. The summed E-state index contributed by atoms with van der Waals surface area (Å²) in [5, 5.41) is 0. The first-order valence-corrected chi connectivity index (χ1v) is 12.3. The van der Waals surface area contributed by atoms with E-state index in [4.69, 9.17) is 13.7 Å². The predicted octanol–water partition coefficient (Wildman–Crippen LogP) is 3.24. The van der Waals surface area contributed by atoms with Crippen LogP contribution in [-0.2, 0) is 10.1 Å². The molecular formula is C24H18N2O6S2. The Balaban J connectivity index is 1.50. The van der Waals surface area contributed by atoms with E-state index in [1.807, 2.05) is 24.3 Å². The number of rotatable bonds is 6. The lowest BCUT2D eigenvalue weighted by atomic mass is 10.2. The average Bonchev–Trinajstić information content (AvgIpc) is 3.35. The Labute approximate surface area is 198 Å². The number of fused-ring (bicyclic) bond motifs is 3. The van der Waals surface area contributed by atoms with Gasteiger partial charge < -0.3 is 13.7 Å². The maximum absolute atomic E-state index is 13.0. The maximum atomic E-state index is 13.0. The van der Waals surface area contributed by atoms with Crippen molar-refractivity contribution in [3.05, 3.63) is 87.2 Å². The normalized spacial score (nSPS) is 12.4. The molecule has 0 unspecified atom stereocenters. The second-order valence-corrected chi connectivity index (χ2v) is 9.81. The molecule has 0 amide bonds. The van der Waals surface area contributed by atoms with Gasteiger partial charge in [0, 0.05) is 0 Å². The van der Waals surface area contributed by atoms with Crippen LogP contribution in [0.2, 0.25) is 0 Å². The van der Waals surface area contributed by atoms with Gasteiger partial charge in [0.05, 0.1) is 29.8 Å². The molecule has 0 saturated heterocycles. The largest absolute Gasteiger partial charge is 0.497 e. The minimum Gasteiger partial charge on any atom is -0.497 e. The van der Waals surface area contributed by atoms with Crippen LogP contribution >= 0.6 is 11.3 Å². The highest BCUT2D eigenvalue weighted by atomic mass is 32.2. The van der Waals surface area contributed by atoms with Crippen molar-refractivity contribution >= 4 is 43.5 Å². The van der Waals surface area contributed by atoms with E-state index in [-0.39, 0.29) is 22.0 Å². The average molecular weight is 495 g/mol. The number of ether oxygens (including phenoxy) is 2. The SMILES string of the molecule is COc1ccc(S(=O)(=O)Oc2ccc(/C=c3/sc4nc5ccccc5n4c3=O)cc2OC)cc1. The third kappa shape index (κ3) is 3.87. The van der Waals surface area contributed by atoms with Crippen LogP contribution < -0.4 is 23.7 Å². The van der Waals surface area contributed by atoms with Crippen molar-refractivity contribution in [1.82, 2.24) is 9.38 Å². The van der Waals surface area contributed by atoms with E-state index in [0.717, 1.165) is 11.0 Å². The molecule has 5 rings (SSSR count). The summed E-state index contributed by atoms with van der Waals surface area (Å²) in [7, 11) is -1.18. The van der Waals surface area contributed by atoms with Crippen molar-refractivity contribution in [2.24, 2.45) is 0 Å². The Kier molecular flexibility index (Phi) is 5.46. The first kappa shape index (κ1) is 21.9. The van der Waals surface area contributed by atoms with Crippen LogP contribution in [0.5, 0.6) is 17.2 Å². The van der Waals surface area contributed by atoms with Gasteiger partial charge in [0.15, 0.2) is 16.5 Å². The van der Waals surface area contributed by atoms with Gasteiger partial charge in [-0.15, -0.1) is 0 Å². The number of methoxy groups -OCH3 is 2. The molecule has 0 atom stereocenters. The van der Waals surface area contributed by atoms with Gasteiger partial charge in [-0.25, -0.2) is 9.38 Å². The number of aromatic nitrogens is 2. The summed E-state index contributed by atoms with van der Waals surface area (Å²) < 4.78 is 43.2. The van der Waals surface area contributed by atoms with Crippen LogP contribution in [0, 0.1) is 0 Å². The van der Waals surface area contributed by atoms with Crippen molar-refractivity contribution in [1.29, 1.82) is 0 Å². The third-order valence-corrected chi connectivity index (χ3v) is 7.40. The third-order valence-electron chi connectivity index (χ3n) is 5.18. The summed E-state index contributed by atoms with van der Waals surface area (Å²) in [5.41, 5.74) is 1.99. The number of nitrogens with zero attached hydrogens (tertiary/aromatic N) is 2. The van der Waals surface area contributed by atoms with Crippen LogP contribution in [0.1, 0.15) is 5.56 Å². The molecule has 0 aliphatic heterocycles. The minimum absolute atomic E-state index is 0.0175. The van der Waals surface area contributed by atoms with Gasteiger partial charge in [-0.1, -0.05) is 29.5 Å². The summed E-state index contributed by atoms with van der Waals surface area (Å²) in [5.74, 6) is 0.776. The van der Waals surface area contributed by atoms with E-state index in [1.54, 1.807) is 22.6 Å². The van der Waals surface area contributed by atoms with Crippen molar-refractivity contribution in [2.75, 3.05) is 14.2 Å². The van der Waals surface area contributed by atoms with Gasteiger partial charge >= 0.3 is 10.1 Å². The van der Waals surface area contributed by atoms with Crippen molar-refractivity contribution in [2.45, 2.75) is 4.90 Å². The summed E-state index contributed by atoms with van der Waals surface area (Å²) in [6.45, 7) is 0. The molecule has 0 saturated carbocycles. The van der Waals surface area contributed by atoms with E-state index in [0.29, 0.717) is 20.8 Å². The number of para-hydroxylation sites is 2. The van der Waals surface area contributed by atoms with E-state index in [1.165, 1.54) is 55.9 Å². The van der Waals surface area contributed by atoms with Gasteiger partial charge in [0.1, 0.15) is 10.6 Å². The number of thiazole rings is 1. The van der Waals surface area contributed by atoms with E-state index in [9.17, 15) is 13.2 Å². The maximum Gasteiger partial charge on any atom is 0.339 e. The smallest absolute Gasteiger partial charge is 0.339 e. The molecule has 172 valence electrons. The number of benzene rings is 3. The first-order chi connectivity index (χ1) is 16.4. The molecule has 0 aliphatic carbocycles. The second kappa shape index (κ2) is 8.47. The van der Waals surface area contributed by atoms with Crippen molar-refractivity contribution in [3.63, 3.8) is 0 Å². The molecule has 0 radical (unpaired) electrons. The van der Waals surface area contributed by atoms with Crippen LogP contribution in [0.15, 0.2) is 76.4 Å². The van der Waals surface area contributed by atoms with Crippen LogP contribution in [0.3, 0.4) is 0 Å². The molecule has 0 fully saturated rings. The highest BCUT2D eigenvalue weighted by Crippen LogP contribution is 2.31. The Morgan fingerprint density at radius 2 is 1.71 bits per heavy atom. The molecule has 8 nitrogen and oxygen atoms in total. The lowest BCUT2D eigenvalue weighted by molar-refractivity contribution is 0.390. The molecule has 3 aromatic carbocycles. The highest BCUT2D eigenvalue weighted by molar-refractivity contribution is 7.87. The molecule has 34 heavy (non-hydrogen) atoms. The van der Waals surface area contributed by atoms with Gasteiger partial charge in [-0.2, -0.15) is 8.42 Å². The number of hydrogen-bond donors (Lipinski definition) is 0. The number of hydrogen-bond acceptors (Lipinski definition) is 8. The second-order valence-electron chi connectivity index (χ2n) is 7.26. The monoisotopic (exact) mass is 494 g/mol. The summed E-state index contributed by atoms with van der Waals surface area (Å²) >= 11 is 1.28. The first-order valence-electron chi connectivity index (χ1n) is 10.1. The van der Waals surface area contributed by atoms with Gasteiger partial charge in [0.2, 0.25) is 0 Å². The fraction of sp³-hybridized carbons (Fsp3) is 0.0833. The molecule has 0 aliphatic rings. The number of imidazole rings is 1. The standard InChI is InChI=1S/C24H18N2O6S2/c1-30-16-8-10-17(11-9-16)34(28,29)32-20-12-7-15(13-21(20)31-2)14-22-23(27)26-19-6-4-3-5-18(19)25-24(26)33-22/h3-14H,1-2H3/b22-14+. The molecular weight excluding hydrogens is 476 g/mol. The van der Waals surface area contributed by atoms with Gasteiger partial charge in [0.25, 0.3) is 5.56 Å². The Hall–Kier alpha value is -3.89. The Morgan fingerprint density at radius 3 is 2.44 bits per heavy atom. The zero-order valence-electron chi connectivity index (χ0n) is 18.1. The van der Waals surface area contributed by atoms with E-state index >= 15 is 0 Å². The lowest BCUT2D eigenvalue weighted by Crippen LogP contribution is -2.22. The van der Waals surface area contributed by atoms with Gasteiger partial charge in [-0.05, 0) is 60.2 Å². The molecule has 2 heterocycles. The lowest BCUT2D eigenvalue weighted by Gasteiger charge is -2.11. The predicted molar refractivity (Wildman–Crippen MR) is 129 cm³/mol. The Bertz CT molecular complexity index is 1740. The van der Waals surface area contributed by atoms with Crippen LogP contribution in [0.4, 0.5) is 0 Å². The molecule has 2 aromatic heterocycles. The van der Waals surface area contributed by atoms with Crippen molar-refractivity contribution in [3.8, 4) is 17.2 Å². The zero-order chi connectivity index (χ0) is 23.9. The molecule has 0 spiro atoms. The topological polar surface area (TPSA) is 96.2 Å². The summed E-state index contributed by atoms with van der Waals surface area (Å²) in [4.78, 5) is 18.1. The fourth-order valence-corrected chi connectivity index (χ4v) is 5.44. The van der Waals surface area contributed by atoms with Crippen LogP contribution in [0.25, 0.3) is 22.1 Å².